The Morgan fingerprint density at radius 1 is 0.526 bits per heavy atom. The first-order valence-corrected chi connectivity index (χ1v) is 14.3. The molecule has 180 valence electrons. The zero-order valence-electron chi connectivity index (χ0n) is 20.5. The fourth-order valence-corrected chi connectivity index (χ4v) is 8.04. The largest absolute Gasteiger partial charge is 0.309 e. The van der Waals surface area contributed by atoms with E-state index in [4.69, 9.17) is 9.97 Å². The average Bonchev–Trinajstić information content (AvgIpc) is 3.01. The number of nitrogens with zero attached hydrogens (tertiary/aromatic N) is 2. The van der Waals surface area contributed by atoms with E-state index in [-0.39, 0.29) is 0 Å². The fraction of sp³-hybridized carbons (Fsp3) is 0. The number of hydrogen-bond acceptors (Lipinski definition) is 3. The third-order valence-electron chi connectivity index (χ3n) is 7.18. The third kappa shape index (κ3) is 3.55. The van der Waals surface area contributed by atoms with Gasteiger partial charge < -0.3 is 4.57 Å². The van der Waals surface area contributed by atoms with Gasteiger partial charge in [-0.15, -0.1) is 0 Å². The summed E-state index contributed by atoms with van der Waals surface area (Å²) in [4.78, 5) is 9.86. The molecular weight excluding hydrogens is 483 g/mol. The van der Waals surface area contributed by atoms with E-state index in [0.717, 1.165) is 43.3 Å². The van der Waals surface area contributed by atoms with Crippen molar-refractivity contribution in [2.24, 2.45) is 0 Å². The van der Waals surface area contributed by atoms with E-state index in [1.807, 2.05) is 84.9 Å². The van der Waals surface area contributed by atoms with Crippen LogP contribution >= 0.6 is 7.14 Å². The molecule has 5 aromatic carbocycles. The Morgan fingerprint density at radius 2 is 1.16 bits per heavy atom. The van der Waals surface area contributed by atoms with E-state index in [1.54, 1.807) is 6.20 Å². The second kappa shape index (κ2) is 9.06. The van der Waals surface area contributed by atoms with Crippen molar-refractivity contribution in [3.63, 3.8) is 0 Å². The molecule has 2 heterocycles. The third-order valence-corrected chi connectivity index (χ3v) is 10.2. The normalized spacial score (nSPS) is 11.8. The van der Waals surface area contributed by atoms with E-state index in [1.165, 1.54) is 10.8 Å². The van der Waals surface area contributed by atoms with Crippen LogP contribution in [0.3, 0.4) is 0 Å². The zero-order chi connectivity index (χ0) is 25.5. The number of rotatable bonds is 4. The molecule has 0 radical (unpaired) electrons. The zero-order valence-corrected chi connectivity index (χ0v) is 21.4. The predicted molar refractivity (Wildman–Crippen MR) is 159 cm³/mol. The molecule has 0 saturated carbocycles. The Bertz CT molecular complexity index is 1940. The van der Waals surface area contributed by atoms with Gasteiger partial charge in [-0.25, -0.2) is 4.98 Å². The Labute approximate surface area is 220 Å². The standard InChI is InChI=1S/C34H23N2OP/c37-38(25-12-3-1-4-13-25,26-14-5-2-6-15-26)27-21-22-35-32(23-27)34-30-20-19-24-11-7-8-16-28(24)33(30)29-17-9-10-18-31(29)36-34/h1-23H. The molecule has 0 aliphatic rings. The van der Waals surface area contributed by atoms with Crippen molar-refractivity contribution < 1.29 is 4.57 Å². The summed E-state index contributed by atoms with van der Waals surface area (Å²) in [6.45, 7) is 0. The van der Waals surface area contributed by atoms with Crippen LogP contribution in [0.4, 0.5) is 0 Å². The van der Waals surface area contributed by atoms with Crippen molar-refractivity contribution in [3.05, 3.63) is 140 Å². The summed E-state index contributed by atoms with van der Waals surface area (Å²) in [7, 11) is -3.14. The summed E-state index contributed by atoms with van der Waals surface area (Å²) in [5, 5.41) is 7.99. The molecule has 0 aliphatic carbocycles. The van der Waals surface area contributed by atoms with Crippen molar-refractivity contribution in [2.45, 2.75) is 0 Å². The second-order valence-electron chi connectivity index (χ2n) is 9.37. The minimum absolute atomic E-state index is 0.709. The summed E-state index contributed by atoms with van der Waals surface area (Å²) >= 11 is 0. The maximum atomic E-state index is 15.0. The number of para-hydroxylation sites is 1. The number of hydrogen-bond donors (Lipinski definition) is 0. The fourth-order valence-electron chi connectivity index (χ4n) is 5.39. The van der Waals surface area contributed by atoms with Crippen LogP contribution in [0.15, 0.2) is 140 Å². The van der Waals surface area contributed by atoms with E-state index in [9.17, 15) is 0 Å². The molecule has 3 nitrogen and oxygen atoms in total. The maximum Gasteiger partial charge on any atom is 0.171 e. The molecule has 0 fully saturated rings. The van der Waals surface area contributed by atoms with Crippen LogP contribution in [-0.4, -0.2) is 9.97 Å². The molecule has 0 atom stereocenters. The summed E-state index contributed by atoms with van der Waals surface area (Å²) < 4.78 is 15.0. The van der Waals surface area contributed by atoms with Gasteiger partial charge in [-0.1, -0.05) is 115 Å². The van der Waals surface area contributed by atoms with Crippen molar-refractivity contribution >= 4 is 55.5 Å². The minimum atomic E-state index is -3.14. The highest BCUT2D eigenvalue weighted by molar-refractivity contribution is 7.85. The SMILES string of the molecule is O=P(c1ccccc1)(c1ccccc1)c1ccnc(-c2nc3ccccc3c3c2ccc2ccccc23)c1. The molecule has 0 aliphatic heterocycles. The molecular formula is C34H23N2OP. The Hall–Kier alpha value is -4.59. The molecule has 7 aromatic rings. The summed E-state index contributed by atoms with van der Waals surface area (Å²) in [6, 6.07) is 44.3. The van der Waals surface area contributed by atoms with Gasteiger partial charge in [0.25, 0.3) is 0 Å². The summed E-state index contributed by atoms with van der Waals surface area (Å²) in [5.41, 5.74) is 2.41. The quantitative estimate of drug-likeness (QED) is 0.187. The van der Waals surface area contributed by atoms with Crippen LogP contribution in [0.5, 0.6) is 0 Å². The molecule has 4 heteroatoms. The molecule has 0 saturated heterocycles. The molecule has 2 aromatic heterocycles. The van der Waals surface area contributed by atoms with Crippen molar-refractivity contribution in [2.75, 3.05) is 0 Å². The Kier molecular flexibility index (Phi) is 5.39. The van der Waals surface area contributed by atoms with Crippen LogP contribution in [0.2, 0.25) is 0 Å². The molecule has 0 spiro atoms. The molecule has 7 rings (SSSR count). The van der Waals surface area contributed by atoms with Crippen LogP contribution in [0.25, 0.3) is 43.8 Å². The highest BCUT2D eigenvalue weighted by Gasteiger charge is 2.30. The van der Waals surface area contributed by atoms with E-state index < -0.39 is 7.14 Å². The topological polar surface area (TPSA) is 42.9 Å². The van der Waals surface area contributed by atoms with Gasteiger partial charge in [0.05, 0.1) is 16.9 Å². The lowest BCUT2D eigenvalue weighted by Gasteiger charge is -2.20. The highest BCUT2D eigenvalue weighted by Crippen LogP contribution is 2.43. The van der Waals surface area contributed by atoms with Gasteiger partial charge in [-0.05, 0) is 29.0 Å². The van der Waals surface area contributed by atoms with Crippen LogP contribution in [-0.2, 0) is 4.57 Å². The number of benzene rings is 5. The molecule has 0 N–H and O–H groups in total. The van der Waals surface area contributed by atoms with Gasteiger partial charge in [0.2, 0.25) is 0 Å². The van der Waals surface area contributed by atoms with Crippen molar-refractivity contribution in [1.29, 1.82) is 0 Å². The molecule has 0 unspecified atom stereocenters. The smallest absolute Gasteiger partial charge is 0.171 e. The van der Waals surface area contributed by atoms with Gasteiger partial charge in [-0.3, -0.25) is 4.98 Å². The lowest BCUT2D eigenvalue weighted by Crippen LogP contribution is -2.25. The first-order chi connectivity index (χ1) is 18.7. The van der Waals surface area contributed by atoms with Gasteiger partial charge >= 0.3 is 0 Å². The lowest BCUT2D eigenvalue weighted by atomic mass is 9.96. The second-order valence-corrected chi connectivity index (χ2v) is 12.1. The highest BCUT2D eigenvalue weighted by atomic mass is 31.2. The van der Waals surface area contributed by atoms with Gasteiger partial charge in [-0.2, -0.15) is 0 Å². The first-order valence-electron chi connectivity index (χ1n) is 12.6. The van der Waals surface area contributed by atoms with E-state index >= 15 is 4.57 Å². The Morgan fingerprint density at radius 3 is 1.89 bits per heavy atom. The van der Waals surface area contributed by atoms with E-state index in [2.05, 4.69) is 48.5 Å². The van der Waals surface area contributed by atoms with Crippen LogP contribution in [0, 0.1) is 0 Å². The first kappa shape index (κ1) is 22.6. The number of fused-ring (bicyclic) bond motifs is 5. The molecule has 0 amide bonds. The van der Waals surface area contributed by atoms with Crippen LogP contribution in [0.1, 0.15) is 0 Å². The number of pyridine rings is 2. The van der Waals surface area contributed by atoms with Gasteiger partial charge in [0, 0.05) is 38.3 Å². The lowest BCUT2D eigenvalue weighted by molar-refractivity contribution is 0.592. The number of aromatic nitrogens is 2. The maximum absolute atomic E-state index is 15.0. The van der Waals surface area contributed by atoms with Crippen molar-refractivity contribution in [1.82, 2.24) is 9.97 Å². The average molecular weight is 507 g/mol. The summed E-state index contributed by atoms with van der Waals surface area (Å²) in [6.07, 6.45) is 1.76. The van der Waals surface area contributed by atoms with Crippen molar-refractivity contribution in [3.8, 4) is 11.4 Å². The molecule has 0 bridgehead atoms. The minimum Gasteiger partial charge on any atom is -0.309 e. The van der Waals surface area contributed by atoms with E-state index in [0.29, 0.717) is 5.69 Å². The van der Waals surface area contributed by atoms with Gasteiger partial charge in [0.15, 0.2) is 7.14 Å². The summed E-state index contributed by atoms with van der Waals surface area (Å²) in [5.74, 6) is 0. The van der Waals surface area contributed by atoms with Gasteiger partial charge in [0.1, 0.15) is 0 Å². The monoisotopic (exact) mass is 506 g/mol. The Balaban J connectivity index is 1.53. The predicted octanol–water partition coefficient (Wildman–Crippen LogP) is 7.24. The molecule has 38 heavy (non-hydrogen) atoms. The van der Waals surface area contributed by atoms with Crippen LogP contribution < -0.4 is 15.9 Å².